The van der Waals surface area contributed by atoms with Crippen molar-refractivity contribution in [2.24, 2.45) is 5.92 Å². The summed E-state index contributed by atoms with van der Waals surface area (Å²) in [5.41, 5.74) is 0. The first-order valence-corrected chi connectivity index (χ1v) is 8.64. The Morgan fingerprint density at radius 3 is 2.53 bits per heavy atom. The molecule has 0 aliphatic rings. The second-order valence-corrected chi connectivity index (χ2v) is 7.54. The average Bonchev–Trinajstić information content (AvgIpc) is 2.33. The smallest absolute Gasteiger partial charge is 0.179 e. The van der Waals surface area contributed by atoms with Crippen molar-refractivity contribution in [3.63, 3.8) is 0 Å². The molecule has 0 saturated carbocycles. The van der Waals surface area contributed by atoms with E-state index in [-0.39, 0.29) is 10.6 Å². The van der Waals surface area contributed by atoms with Crippen molar-refractivity contribution in [3.05, 3.63) is 29.3 Å². The second kappa shape index (κ2) is 7.88. The van der Waals surface area contributed by atoms with Gasteiger partial charge < -0.3 is 5.32 Å². The summed E-state index contributed by atoms with van der Waals surface area (Å²) in [6, 6.07) is 6.60. The lowest BCUT2D eigenvalue weighted by Crippen LogP contribution is -2.21. The van der Waals surface area contributed by atoms with E-state index in [9.17, 15) is 8.42 Å². The molecule has 0 aliphatic heterocycles. The van der Waals surface area contributed by atoms with Crippen LogP contribution >= 0.6 is 11.6 Å². The van der Waals surface area contributed by atoms with Crippen molar-refractivity contribution in [2.45, 2.75) is 31.6 Å². The Morgan fingerprint density at radius 1 is 1.21 bits per heavy atom. The van der Waals surface area contributed by atoms with Crippen LogP contribution in [0.5, 0.6) is 0 Å². The highest BCUT2D eigenvalue weighted by molar-refractivity contribution is 7.91. The van der Waals surface area contributed by atoms with Gasteiger partial charge in [0.05, 0.1) is 15.7 Å². The van der Waals surface area contributed by atoms with Crippen LogP contribution in [-0.2, 0) is 9.84 Å². The Bertz CT molecular complexity index is 486. The van der Waals surface area contributed by atoms with Gasteiger partial charge in [-0.05, 0) is 44.0 Å². The third-order valence-electron chi connectivity index (χ3n) is 2.74. The fourth-order valence-corrected chi connectivity index (χ4v) is 3.68. The summed E-state index contributed by atoms with van der Waals surface area (Å²) in [6.45, 7) is 6.12. The summed E-state index contributed by atoms with van der Waals surface area (Å²) in [7, 11) is -3.25. The van der Waals surface area contributed by atoms with Crippen LogP contribution in [0.4, 0.5) is 0 Å². The zero-order valence-electron chi connectivity index (χ0n) is 11.5. The number of hydrogen-bond donors (Lipinski definition) is 1. The van der Waals surface area contributed by atoms with E-state index in [2.05, 4.69) is 19.2 Å². The third kappa shape index (κ3) is 5.93. The highest BCUT2D eigenvalue weighted by atomic mass is 35.5. The molecule has 19 heavy (non-hydrogen) atoms. The van der Waals surface area contributed by atoms with Crippen molar-refractivity contribution >= 4 is 21.4 Å². The normalized spacial score (nSPS) is 12.0. The Hall–Kier alpha value is -0.580. The van der Waals surface area contributed by atoms with Crippen LogP contribution in [0.3, 0.4) is 0 Å². The molecule has 0 heterocycles. The van der Waals surface area contributed by atoms with Gasteiger partial charge in [-0.1, -0.05) is 37.6 Å². The minimum Gasteiger partial charge on any atom is -0.316 e. The minimum atomic E-state index is -3.25. The number of nitrogens with one attached hydrogen (secondary N) is 1. The molecule has 1 aromatic carbocycles. The monoisotopic (exact) mass is 303 g/mol. The lowest BCUT2D eigenvalue weighted by molar-refractivity contribution is 0.538. The molecule has 5 heteroatoms. The highest BCUT2D eigenvalue weighted by Gasteiger charge is 2.16. The van der Waals surface area contributed by atoms with E-state index in [1.807, 2.05) is 0 Å². The third-order valence-corrected chi connectivity index (χ3v) is 5.03. The maximum Gasteiger partial charge on any atom is 0.179 e. The van der Waals surface area contributed by atoms with Gasteiger partial charge in [0, 0.05) is 0 Å². The highest BCUT2D eigenvalue weighted by Crippen LogP contribution is 2.22. The van der Waals surface area contributed by atoms with Crippen LogP contribution in [0.25, 0.3) is 0 Å². The van der Waals surface area contributed by atoms with E-state index in [0.717, 1.165) is 19.5 Å². The van der Waals surface area contributed by atoms with Crippen LogP contribution in [-0.4, -0.2) is 27.3 Å². The van der Waals surface area contributed by atoms with Gasteiger partial charge in [0.1, 0.15) is 0 Å². The molecule has 0 aromatic heterocycles. The van der Waals surface area contributed by atoms with Gasteiger partial charge in [0.15, 0.2) is 9.84 Å². The number of unbranched alkanes of at least 4 members (excludes halogenated alkanes) is 1. The first-order chi connectivity index (χ1) is 8.93. The Kier molecular flexibility index (Phi) is 6.83. The molecule has 1 rings (SSSR count). The molecule has 1 aromatic rings. The summed E-state index contributed by atoms with van der Waals surface area (Å²) in [6.07, 6.45) is 1.51. The van der Waals surface area contributed by atoms with Crippen LogP contribution < -0.4 is 5.32 Å². The van der Waals surface area contributed by atoms with Gasteiger partial charge in [-0.3, -0.25) is 0 Å². The average molecular weight is 304 g/mol. The van der Waals surface area contributed by atoms with Gasteiger partial charge in [0.25, 0.3) is 0 Å². The molecule has 0 spiro atoms. The first-order valence-electron chi connectivity index (χ1n) is 6.61. The van der Waals surface area contributed by atoms with Gasteiger partial charge in [-0.25, -0.2) is 8.42 Å². The number of benzene rings is 1. The second-order valence-electron chi connectivity index (χ2n) is 5.05. The number of halogens is 1. The molecule has 0 unspecified atom stereocenters. The van der Waals surface area contributed by atoms with Crippen molar-refractivity contribution in [1.29, 1.82) is 0 Å². The van der Waals surface area contributed by atoms with Crippen molar-refractivity contribution in [2.75, 3.05) is 18.8 Å². The summed E-state index contributed by atoms with van der Waals surface area (Å²) in [5, 5.41) is 3.61. The molecule has 0 atom stereocenters. The fraction of sp³-hybridized carbons (Fsp3) is 0.571. The molecule has 0 saturated heterocycles. The van der Waals surface area contributed by atoms with Gasteiger partial charge in [-0.15, -0.1) is 0 Å². The standard InChI is InChI=1S/C14H22ClNO2S/c1-12(2)11-16-9-5-6-10-19(17,18)14-8-4-3-7-13(14)15/h3-4,7-8,12,16H,5-6,9-11H2,1-2H3. The number of sulfone groups is 1. The molecule has 0 aliphatic carbocycles. The molecule has 0 bridgehead atoms. The van der Waals surface area contributed by atoms with E-state index in [1.165, 1.54) is 0 Å². The molecule has 0 amide bonds. The predicted octanol–water partition coefficient (Wildman–Crippen LogP) is 3.14. The molecule has 0 fully saturated rings. The zero-order chi connectivity index (χ0) is 14.3. The van der Waals surface area contributed by atoms with E-state index >= 15 is 0 Å². The Labute approximate surface area is 121 Å². The largest absolute Gasteiger partial charge is 0.316 e. The van der Waals surface area contributed by atoms with Gasteiger partial charge >= 0.3 is 0 Å². The summed E-state index contributed by atoms with van der Waals surface area (Å²) in [5.74, 6) is 0.770. The maximum atomic E-state index is 12.1. The summed E-state index contributed by atoms with van der Waals surface area (Å²) >= 11 is 5.91. The van der Waals surface area contributed by atoms with Gasteiger partial charge in [-0.2, -0.15) is 0 Å². The Morgan fingerprint density at radius 2 is 1.89 bits per heavy atom. The van der Waals surface area contributed by atoms with E-state index in [4.69, 9.17) is 11.6 Å². The SMILES string of the molecule is CC(C)CNCCCCS(=O)(=O)c1ccccc1Cl. The molecular weight excluding hydrogens is 282 g/mol. The van der Waals surface area contributed by atoms with E-state index < -0.39 is 9.84 Å². The van der Waals surface area contributed by atoms with Crippen LogP contribution in [0.2, 0.25) is 5.02 Å². The van der Waals surface area contributed by atoms with Crippen LogP contribution in [0.15, 0.2) is 29.2 Å². The minimum absolute atomic E-state index is 0.153. The lowest BCUT2D eigenvalue weighted by Gasteiger charge is -2.08. The van der Waals surface area contributed by atoms with E-state index in [1.54, 1.807) is 24.3 Å². The summed E-state index contributed by atoms with van der Waals surface area (Å²) in [4.78, 5) is 0.242. The molecule has 0 radical (unpaired) electrons. The van der Waals surface area contributed by atoms with Crippen molar-refractivity contribution < 1.29 is 8.42 Å². The quantitative estimate of drug-likeness (QED) is 0.751. The molecule has 108 valence electrons. The number of hydrogen-bond acceptors (Lipinski definition) is 3. The molecule has 1 N–H and O–H groups in total. The molecule has 3 nitrogen and oxygen atoms in total. The fourth-order valence-electron chi connectivity index (χ4n) is 1.74. The van der Waals surface area contributed by atoms with E-state index in [0.29, 0.717) is 17.4 Å². The molecular formula is C14H22ClNO2S. The predicted molar refractivity (Wildman–Crippen MR) is 80.4 cm³/mol. The summed E-state index contributed by atoms with van der Waals surface area (Å²) < 4.78 is 24.2. The first kappa shape index (κ1) is 16.5. The maximum absolute atomic E-state index is 12.1. The van der Waals surface area contributed by atoms with Gasteiger partial charge in [0.2, 0.25) is 0 Å². The topological polar surface area (TPSA) is 46.2 Å². The van der Waals surface area contributed by atoms with Crippen molar-refractivity contribution in [3.8, 4) is 0 Å². The zero-order valence-corrected chi connectivity index (χ0v) is 13.1. The lowest BCUT2D eigenvalue weighted by atomic mass is 10.2. The van der Waals surface area contributed by atoms with Crippen molar-refractivity contribution in [1.82, 2.24) is 5.32 Å². The van der Waals surface area contributed by atoms with Crippen LogP contribution in [0, 0.1) is 5.92 Å². The van der Waals surface area contributed by atoms with Crippen LogP contribution in [0.1, 0.15) is 26.7 Å². The Balaban J connectivity index is 2.38. The number of rotatable bonds is 8.